The summed E-state index contributed by atoms with van der Waals surface area (Å²) in [6.45, 7) is 0. The molecule has 118 valence electrons. The summed E-state index contributed by atoms with van der Waals surface area (Å²) in [6.07, 6.45) is 15.6. The lowest BCUT2D eigenvalue weighted by Gasteiger charge is -2.30. The van der Waals surface area contributed by atoms with Gasteiger partial charge in [-0.1, -0.05) is 18.2 Å². The molecule has 3 nitrogen and oxygen atoms in total. The zero-order valence-electron chi connectivity index (χ0n) is 13.0. The summed E-state index contributed by atoms with van der Waals surface area (Å²) in [5, 5.41) is 8.64. The third kappa shape index (κ3) is 3.40. The van der Waals surface area contributed by atoms with Crippen molar-refractivity contribution in [1.82, 2.24) is 4.98 Å². The number of carboxylic acid groups (broad SMARTS) is 1. The van der Waals surface area contributed by atoms with E-state index in [1.54, 1.807) is 0 Å². The van der Waals surface area contributed by atoms with E-state index in [1.807, 2.05) is 6.20 Å². The molecule has 0 aromatic carbocycles. The van der Waals surface area contributed by atoms with E-state index in [4.69, 9.17) is 5.11 Å². The SMILES string of the molecule is O=C(O)CCC/C=C\C[C@@H]1C2CCC(C2)[C@@H]1c1cccnc1. The number of allylic oxidation sites excluding steroid dienone is 2. The van der Waals surface area contributed by atoms with Gasteiger partial charge in [0.15, 0.2) is 0 Å². The summed E-state index contributed by atoms with van der Waals surface area (Å²) in [6, 6.07) is 4.29. The molecule has 3 heteroatoms. The molecule has 0 amide bonds. The fourth-order valence-corrected chi connectivity index (χ4v) is 4.58. The Bertz CT molecular complexity index is 525. The standard InChI is InChI=1S/C19H25NO2/c21-18(22)8-4-2-1-3-7-17-14-9-10-15(12-14)19(17)16-6-5-11-20-13-16/h1,3,5-6,11,13-15,17,19H,2,4,7-10,12H2,(H,21,22)/b3-1-/t14?,15?,17-,19-/m1/s1. The lowest BCUT2D eigenvalue weighted by molar-refractivity contribution is -0.137. The van der Waals surface area contributed by atoms with Crippen molar-refractivity contribution < 1.29 is 9.90 Å². The van der Waals surface area contributed by atoms with E-state index in [-0.39, 0.29) is 6.42 Å². The van der Waals surface area contributed by atoms with Crippen LogP contribution in [-0.2, 0) is 4.79 Å². The molecular formula is C19H25NO2. The molecule has 1 aromatic rings. The van der Waals surface area contributed by atoms with Gasteiger partial charge in [-0.3, -0.25) is 9.78 Å². The number of carboxylic acids is 1. The Balaban J connectivity index is 1.57. The van der Waals surface area contributed by atoms with Gasteiger partial charge < -0.3 is 5.11 Å². The van der Waals surface area contributed by atoms with Gasteiger partial charge in [0.1, 0.15) is 0 Å². The van der Waals surface area contributed by atoms with E-state index in [1.165, 1.54) is 24.8 Å². The van der Waals surface area contributed by atoms with Crippen molar-refractivity contribution in [2.45, 2.75) is 50.9 Å². The smallest absolute Gasteiger partial charge is 0.303 e. The van der Waals surface area contributed by atoms with Crippen LogP contribution in [-0.4, -0.2) is 16.1 Å². The van der Waals surface area contributed by atoms with E-state index < -0.39 is 5.97 Å². The number of aliphatic carboxylic acids is 1. The van der Waals surface area contributed by atoms with E-state index in [9.17, 15) is 4.79 Å². The monoisotopic (exact) mass is 299 g/mol. The van der Waals surface area contributed by atoms with Gasteiger partial charge in [-0.05, 0) is 73.8 Å². The minimum absolute atomic E-state index is 0.275. The Labute approximate surface area is 132 Å². The highest BCUT2D eigenvalue weighted by atomic mass is 16.4. The van der Waals surface area contributed by atoms with Crippen molar-refractivity contribution >= 4 is 5.97 Å². The average Bonchev–Trinajstić information content (AvgIpc) is 3.12. The first-order chi connectivity index (χ1) is 10.8. The molecule has 3 rings (SSSR count). The Hall–Kier alpha value is -1.64. The summed E-state index contributed by atoms with van der Waals surface area (Å²) in [5.41, 5.74) is 1.42. The van der Waals surface area contributed by atoms with E-state index in [0.717, 1.165) is 37.0 Å². The maximum Gasteiger partial charge on any atom is 0.303 e. The third-order valence-corrected chi connectivity index (χ3v) is 5.49. The molecule has 0 spiro atoms. The van der Waals surface area contributed by atoms with Crippen molar-refractivity contribution in [2.75, 3.05) is 0 Å². The summed E-state index contributed by atoms with van der Waals surface area (Å²) >= 11 is 0. The van der Waals surface area contributed by atoms with Crippen LogP contribution in [0, 0.1) is 17.8 Å². The lowest BCUT2D eigenvalue weighted by atomic mass is 9.74. The molecule has 22 heavy (non-hydrogen) atoms. The number of fused-ring (bicyclic) bond motifs is 2. The maximum absolute atomic E-state index is 10.5. The average molecular weight is 299 g/mol. The number of hydrogen-bond acceptors (Lipinski definition) is 2. The second-order valence-corrected chi connectivity index (χ2v) is 6.80. The maximum atomic E-state index is 10.5. The fourth-order valence-electron chi connectivity index (χ4n) is 4.58. The second-order valence-electron chi connectivity index (χ2n) is 6.80. The number of nitrogens with zero attached hydrogens (tertiary/aromatic N) is 1. The van der Waals surface area contributed by atoms with Crippen LogP contribution in [0.4, 0.5) is 0 Å². The number of hydrogen-bond donors (Lipinski definition) is 1. The van der Waals surface area contributed by atoms with Crippen molar-refractivity contribution in [1.29, 1.82) is 0 Å². The lowest BCUT2D eigenvalue weighted by Crippen LogP contribution is -2.20. The Morgan fingerprint density at radius 2 is 2.18 bits per heavy atom. The molecule has 2 unspecified atom stereocenters. The van der Waals surface area contributed by atoms with Crippen LogP contribution in [0.2, 0.25) is 0 Å². The van der Waals surface area contributed by atoms with E-state index in [2.05, 4.69) is 35.5 Å². The predicted octanol–water partition coefficient (Wildman–Crippen LogP) is 4.41. The van der Waals surface area contributed by atoms with Crippen molar-refractivity contribution in [2.24, 2.45) is 17.8 Å². The minimum Gasteiger partial charge on any atom is -0.481 e. The molecule has 0 saturated heterocycles. The first-order valence-corrected chi connectivity index (χ1v) is 8.52. The second kappa shape index (κ2) is 7.08. The highest BCUT2D eigenvalue weighted by Crippen LogP contribution is 2.57. The van der Waals surface area contributed by atoms with Crippen molar-refractivity contribution in [3.8, 4) is 0 Å². The van der Waals surface area contributed by atoms with Gasteiger partial charge in [0, 0.05) is 18.8 Å². The van der Waals surface area contributed by atoms with Gasteiger partial charge in [0.2, 0.25) is 0 Å². The Kier molecular flexibility index (Phi) is 4.91. The highest BCUT2D eigenvalue weighted by Gasteiger charge is 2.47. The molecule has 1 heterocycles. The van der Waals surface area contributed by atoms with Crippen molar-refractivity contribution in [3.63, 3.8) is 0 Å². The first kappa shape index (κ1) is 15.3. The van der Waals surface area contributed by atoms with Crippen LogP contribution < -0.4 is 0 Å². The fraction of sp³-hybridized carbons (Fsp3) is 0.579. The molecule has 2 fully saturated rings. The Morgan fingerprint density at radius 1 is 1.32 bits per heavy atom. The molecule has 0 radical (unpaired) electrons. The molecule has 0 aliphatic heterocycles. The van der Waals surface area contributed by atoms with Gasteiger partial charge in [0.05, 0.1) is 0 Å². The third-order valence-electron chi connectivity index (χ3n) is 5.49. The number of carbonyl (C=O) groups is 1. The number of unbranched alkanes of at least 4 members (excludes halogenated alkanes) is 1. The van der Waals surface area contributed by atoms with Crippen LogP contribution in [0.1, 0.15) is 56.4 Å². The van der Waals surface area contributed by atoms with Crippen molar-refractivity contribution in [3.05, 3.63) is 42.2 Å². The first-order valence-electron chi connectivity index (χ1n) is 8.52. The zero-order valence-corrected chi connectivity index (χ0v) is 13.0. The van der Waals surface area contributed by atoms with Gasteiger partial charge in [0.25, 0.3) is 0 Å². The zero-order chi connectivity index (χ0) is 15.4. The number of aromatic nitrogens is 1. The normalized spacial score (nSPS) is 30.2. The van der Waals surface area contributed by atoms with Crippen LogP contribution >= 0.6 is 0 Å². The number of rotatable bonds is 7. The van der Waals surface area contributed by atoms with Crippen LogP contribution in [0.25, 0.3) is 0 Å². The van der Waals surface area contributed by atoms with Crippen LogP contribution in [0.5, 0.6) is 0 Å². The van der Waals surface area contributed by atoms with E-state index >= 15 is 0 Å². The van der Waals surface area contributed by atoms with Gasteiger partial charge in [-0.2, -0.15) is 0 Å². The predicted molar refractivity (Wildman–Crippen MR) is 86.5 cm³/mol. The summed E-state index contributed by atoms with van der Waals surface area (Å²) in [7, 11) is 0. The van der Waals surface area contributed by atoms with Gasteiger partial charge in [-0.15, -0.1) is 0 Å². The summed E-state index contributed by atoms with van der Waals surface area (Å²) in [4.78, 5) is 14.8. The minimum atomic E-state index is -0.696. The molecule has 4 atom stereocenters. The molecule has 1 aromatic heterocycles. The molecular weight excluding hydrogens is 274 g/mol. The number of pyridine rings is 1. The molecule has 2 aliphatic rings. The van der Waals surface area contributed by atoms with Crippen LogP contribution in [0.15, 0.2) is 36.7 Å². The summed E-state index contributed by atoms with van der Waals surface area (Å²) in [5.74, 6) is 2.45. The van der Waals surface area contributed by atoms with Crippen LogP contribution in [0.3, 0.4) is 0 Å². The summed E-state index contributed by atoms with van der Waals surface area (Å²) < 4.78 is 0. The quantitative estimate of drug-likeness (QED) is 0.599. The topological polar surface area (TPSA) is 50.2 Å². The molecule has 2 bridgehead atoms. The molecule has 2 saturated carbocycles. The van der Waals surface area contributed by atoms with E-state index in [0.29, 0.717) is 5.92 Å². The molecule has 2 aliphatic carbocycles. The Morgan fingerprint density at radius 3 is 2.95 bits per heavy atom. The largest absolute Gasteiger partial charge is 0.481 e. The molecule has 1 N–H and O–H groups in total. The van der Waals surface area contributed by atoms with Gasteiger partial charge >= 0.3 is 5.97 Å². The highest BCUT2D eigenvalue weighted by molar-refractivity contribution is 5.66. The van der Waals surface area contributed by atoms with Gasteiger partial charge in [-0.25, -0.2) is 0 Å².